The Kier molecular flexibility index (Phi) is 3.64. The van der Waals surface area contributed by atoms with Gasteiger partial charge in [-0.15, -0.1) is 0 Å². The Labute approximate surface area is 92.9 Å². The summed E-state index contributed by atoms with van der Waals surface area (Å²) in [6.45, 7) is 0. The second-order valence-electron chi connectivity index (χ2n) is 2.62. The van der Waals surface area contributed by atoms with Crippen LogP contribution in [0.5, 0.6) is 17.2 Å². The van der Waals surface area contributed by atoms with Crippen molar-refractivity contribution in [2.24, 2.45) is 0 Å². The van der Waals surface area contributed by atoms with Crippen LogP contribution in [-0.2, 0) is 0 Å². The van der Waals surface area contributed by atoms with Crippen molar-refractivity contribution in [3.8, 4) is 23.3 Å². The molecule has 5 heteroatoms. The lowest BCUT2D eigenvalue weighted by molar-refractivity contribution is 0.348. The van der Waals surface area contributed by atoms with Crippen molar-refractivity contribution in [1.29, 1.82) is 5.26 Å². The summed E-state index contributed by atoms with van der Waals surface area (Å²) in [7, 11) is 4.39. The average Bonchev–Trinajstić information content (AvgIpc) is 2.28. The Morgan fingerprint density at radius 3 is 2.13 bits per heavy atom. The van der Waals surface area contributed by atoms with E-state index in [1.54, 1.807) is 6.07 Å². The zero-order valence-electron chi connectivity index (χ0n) is 8.63. The van der Waals surface area contributed by atoms with E-state index in [-0.39, 0.29) is 10.6 Å². The molecule has 0 amide bonds. The van der Waals surface area contributed by atoms with Crippen LogP contribution in [0.25, 0.3) is 0 Å². The number of rotatable bonds is 3. The lowest BCUT2D eigenvalue weighted by Gasteiger charge is -2.12. The number of methoxy groups -OCH3 is 3. The van der Waals surface area contributed by atoms with E-state index in [1.807, 2.05) is 6.07 Å². The van der Waals surface area contributed by atoms with E-state index < -0.39 is 0 Å². The lowest BCUT2D eigenvalue weighted by Crippen LogP contribution is -1.96. The molecule has 0 fully saturated rings. The summed E-state index contributed by atoms with van der Waals surface area (Å²) in [5, 5.41) is 9.16. The molecule has 0 saturated heterocycles. The fourth-order valence-corrected chi connectivity index (χ4v) is 1.46. The monoisotopic (exact) mass is 227 g/mol. The van der Waals surface area contributed by atoms with Gasteiger partial charge in [0.25, 0.3) is 0 Å². The van der Waals surface area contributed by atoms with Gasteiger partial charge in [-0.2, -0.15) is 5.26 Å². The zero-order valence-corrected chi connectivity index (χ0v) is 9.38. The molecule has 1 rings (SSSR count). The van der Waals surface area contributed by atoms with Gasteiger partial charge in [0.15, 0.2) is 11.5 Å². The molecule has 80 valence electrons. The van der Waals surface area contributed by atoms with Gasteiger partial charge in [0.2, 0.25) is 0 Å². The number of hydrogen-bond acceptors (Lipinski definition) is 4. The molecule has 4 nitrogen and oxygen atoms in total. The van der Waals surface area contributed by atoms with Gasteiger partial charge < -0.3 is 14.2 Å². The second-order valence-corrected chi connectivity index (χ2v) is 2.99. The average molecular weight is 228 g/mol. The Bertz CT molecular complexity index is 412. The van der Waals surface area contributed by atoms with Crippen LogP contribution in [0, 0.1) is 11.3 Å². The number of ether oxygens (including phenoxy) is 3. The zero-order chi connectivity index (χ0) is 11.4. The summed E-state index contributed by atoms with van der Waals surface area (Å²) in [6, 6.07) is 3.52. The first-order chi connectivity index (χ1) is 7.19. The highest BCUT2D eigenvalue weighted by Crippen LogP contribution is 2.41. The first-order valence-corrected chi connectivity index (χ1v) is 4.46. The molecule has 15 heavy (non-hydrogen) atoms. The first-order valence-electron chi connectivity index (χ1n) is 4.08. The molecule has 0 aromatic heterocycles. The lowest BCUT2D eigenvalue weighted by atomic mass is 10.2. The van der Waals surface area contributed by atoms with E-state index in [4.69, 9.17) is 31.1 Å². The highest BCUT2D eigenvalue weighted by atomic mass is 35.5. The van der Waals surface area contributed by atoms with Gasteiger partial charge in [0.1, 0.15) is 22.4 Å². The maximum Gasteiger partial charge on any atom is 0.180 e. The summed E-state index contributed by atoms with van der Waals surface area (Å²) >= 11 is 5.94. The van der Waals surface area contributed by atoms with Crippen molar-refractivity contribution in [3.63, 3.8) is 0 Å². The van der Waals surface area contributed by atoms with Gasteiger partial charge in [-0.3, -0.25) is 0 Å². The summed E-state index contributed by atoms with van der Waals surface area (Å²) < 4.78 is 15.1. The van der Waals surface area contributed by atoms with Crippen molar-refractivity contribution in [1.82, 2.24) is 0 Å². The first kappa shape index (κ1) is 11.5. The number of benzene rings is 1. The molecule has 0 saturated carbocycles. The van der Waals surface area contributed by atoms with E-state index in [0.717, 1.165) is 0 Å². The second kappa shape index (κ2) is 4.76. The number of nitrogens with zero attached hydrogens (tertiary/aromatic N) is 1. The Hall–Kier alpha value is -1.60. The quantitative estimate of drug-likeness (QED) is 0.795. The number of nitriles is 1. The van der Waals surface area contributed by atoms with E-state index in [2.05, 4.69) is 0 Å². The standard InChI is InChI=1S/C10H10ClNO3/c1-13-7-4-8(14-2)10(15-3)6(5-12)9(7)11/h4H,1-3H3. The SMILES string of the molecule is COc1cc(OC)c(OC)c(C#N)c1Cl. The third kappa shape index (κ3) is 1.92. The third-order valence-corrected chi connectivity index (χ3v) is 2.28. The van der Waals surface area contributed by atoms with Crippen LogP contribution in [-0.4, -0.2) is 21.3 Å². The summed E-state index contributed by atoms with van der Waals surface area (Å²) in [5.74, 6) is 1.10. The molecule has 0 radical (unpaired) electrons. The van der Waals surface area contributed by atoms with Crippen molar-refractivity contribution in [3.05, 3.63) is 16.7 Å². The molecule has 0 unspecified atom stereocenters. The van der Waals surface area contributed by atoms with Gasteiger partial charge in [-0.1, -0.05) is 11.6 Å². The highest BCUT2D eigenvalue weighted by Gasteiger charge is 2.18. The molecule has 0 aliphatic heterocycles. The molecule has 0 aliphatic carbocycles. The fourth-order valence-electron chi connectivity index (χ4n) is 1.20. The van der Waals surface area contributed by atoms with E-state index in [1.165, 1.54) is 21.3 Å². The third-order valence-electron chi connectivity index (χ3n) is 1.90. The van der Waals surface area contributed by atoms with Crippen LogP contribution in [0.15, 0.2) is 6.07 Å². The molecule has 0 N–H and O–H groups in total. The van der Waals surface area contributed by atoms with E-state index in [0.29, 0.717) is 17.2 Å². The van der Waals surface area contributed by atoms with Crippen molar-refractivity contribution >= 4 is 11.6 Å². The highest BCUT2D eigenvalue weighted by molar-refractivity contribution is 6.33. The molecular weight excluding hydrogens is 218 g/mol. The number of hydrogen-bond donors (Lipinski definition) is 0. The summed E-state index contributed by atoms with van der Waals surface area (Å²) in [4.78, 5) is 0. The molecule has 0 heterocycles. The van der Waals surface area contributed by atoms with Crippen LogP contribution in [0.2, 0.25) is 5.02 Å². The van der Waals surface area contributed by atoms with Crippen LogP contribution >= 0.6 is 11.6 Å². The largest absolute Gasteiger partial charge is 0.495 e. The molecule has 0 spiro atoms. The summed E-state index contributed by atoms with van der Waals surface area (Å²) in [6.07, 6.45) is 0. The minimum Gasteiger partial charge on any atom is -0.495 e. The van der Waals surface area contributed by atoms with Gasteiger partial charge in [0, 0.05) is 6.07 Å². The molecule has 1 aromatic rings. The Balaban J connectivity index is 3.52. The van der Waals surface area contributed by atoms with Crippen molar-refractivity contribution < 1.29 is 14.2 Å². The Morgan fingerprint density at radius 2 is 1.73 bits per heavy atom. The normalized spacial score (nSPS) is 9.27. The maximum absolute atomic E-state index is 8.94. The topological polar surface area (TPSA) is 51.5 Å². The predicted octanol–water partition coefficient (Wildman–Crippen LogP) is 2.24. The van der Waals surface area contributed by atoms with Gasteiger partial charge in [-0.05, 0) is 0 Å². The van der Waals surface area contributed by atoms with Crippen LogP contribution < -0.4 is 14.2 Å². The fraction of sp³-hybridized carbons (Fsp3) is 0.300. The van der Waals surface area contributed by atoms with Crippen LogP contribution in [0.4, 0.5) is 0 Å². The number of halogens is 1. The maximum atomic E-state index is 8.94. The molecule has 0 bridgehead atoms. The van der Waals surface area contributed by atoms with Gasteiger partial charge >= 0.3 is 0 Å². The van der Waals surface area contributed by atoms with Crippen LogP contribution in [0.3, 0.4) is 0 Å². The summed E-state index contributed by atoms with van der Waals surface area (Å²) in [5.41, 5.74) is 0.204. The molecule has 0 aliphatic rings. The van der Waals surface area contributed by atoms with Crippen molar-refractivity contribution in [2.75, 3.05) is 21.3 Å². The van der Waals surface area contributed by atoms with Gasteiger partial charge in [0.05, 0.1) is 21.3 Å². The molecular formula is C10H10ClNO3. The van der Waals surface area contributed by atoms with E-state index in [9.17, 15) is 0 Å². The predicted molar refractivity (Wildman–Crippen MR) is 55.8 cm³/mol. The van der Waals surface area contributed by atoms with E-state index >= 15 is 0 Å². The minimum absolute atomic E-state index is 0.204. The van der Waals surface area contributed by atoms with Crippen LogP contribution in [0.1, 0.15) is 5.56 Å². The molecule has 0 atom stereocenters. The van der Waals surface area contributed by atoms with Crippen molar-refractivity contribution in [2.45, 2.75) is 0 Å². The molecule has 1 aromatic carbocycles. The minimum atomic E-state index is 0.204. The Morgan fingerprint density at radius 1 is 1.13 bits per heavy atom. The van der Waals surface area contributed by atoms with Gasteiger partial charge in [-0.25, -0.2) is 0 Å². The smallest absolute Gasteiger partial charge is 0.180 e.